The van der Waals surface area contributed by atoms with Crippen LogP contribution in [0.25, 0.3) is 0 Å². The van der Waals surface area contributed by atoms with Gasteiger partial charge in [0.15, 0.2) is 0 Å². The molecule has 1 fully saturated rings. The molecule has 33 heavy (non-hydrogen) atoms. The molecule has 0 N–H and O–H groups in total. The number of nitrogens with zero attached hydrogens (tertiary/aromatic N) is 3. The highest BCUT2D eigenvalue weighted by Crippen LogP contribution is 2.19. The summed E-state index contributed by atoms with van der Waals surface area (Å²) in [6.07, 6.45) is 0.240. The molecule has 0 bridgehead atoms. The van der Waals surface area contributed by atoms with Gasteiger partial charge >= 0.3 is 0 Å². The van der Waals surface area contributed by atoms with Gasteiger partial charge in [-0.05, 0) is 48.5 Å². The minimum Gasteiger partial charge on any atom is -0.497 e. The third kappa shape index (κ3) is 6.03. The number of methoxy groups -OCH3 is 1. The Hall–Kier alpha value is -3.10. The Morgan fingerprint density at radius 1 is 0.970 bits per heavy atom. The molecule has 1 aliphatic rings. The van der Waals surface area contributed by atoms with Crippen molar-refractivity contribution >= 4 is 34.8 Å². The molecule has 0 radical (unpaired) electrons. The Morgan fingerprint density at radius 2 is 1.61 bits per heavy atom. The summed E-state index contributed by atoms with van der Waals surface area (Å²) < 4.78 is 10.9. The van der Waals surface area contributed by atoms with E-state index in [9.17, 15) is 9.59 Å². The first kappa shape index (κ1) is 23.1. The average Bonchev–Trinajstić information content (AvgIpc) is 3.30. The number of halogens is 1. The Balaban J connectivity index is 1.24. The summed E-state index contributed by atoms with van der Waals surface area (Å²) in [7, 11) is 1.59. The van der Waals surface area contributed by atoms with Crippen LogP contribution in [0.15, 0.2) is 53.9 Å². The molecule has 3 aromatic rings. The van der Waals surface area contributed by atoms with E-state index in [1.54, 1.807) is 65.4 Å². The van der Waals surface area contributed by atoms with Gasteiger partial charge in [-0.2, -0.15) is 0 Å². The maximum absolute atomic E-state index is 12.7. The second kappa shape index (κ2) is 10.7. The lowest BCUT2D eigenvalue weighted by Crippen LogP contribution is -2.51. The first-order valence-electron chi connectivity index (χ1n) is 10.5. The summed E-state index contributed by atoms with van der Waals surface area (Å²) in [5, 5.41) is 3.35. The van der Waals surface area contributed by atoms with Crippen LogP contribution in [0.3, 0.4) is 0 Å². The second-order valence-electron chi connectivity index (χ2n) is 7.55. The van der Waals surface area contributed by atoms with E-state index in [0.717, 1.165) is 10.7 Å². The fourth-order valence-electron chi connectivity index (χ4n) is 3.51. The molecule has 172 valence electrons. The van der Waals surface area contributed by atoms with E-state index in [0.29, 0.717) is 54.9 Å². The molecular weight excluding hydrogens is 462 g/mol. The Bertz CT molecular complexity index is 1090. The Kier molecular flexibility index (Phi) is 7.47. The van der Waals surface area contributed by atoms with Crippen molar-refractivity contribution in [3.05, 3.63) is 75.2 Å². The van der Waals surface area contributed by atoms with E-state index in [4.69, 9.17) is 21.1 Å². The van der Waals surface area contributed by atoms with E-state index in [-0.39, 0.29) is 18.2 Å². The second-order valence-corrected chi connectivity index (χ2v) is 8.93. The Labute approximate surface area is 201 Å². The van der Waals surface area contributed by atoms with E-state index in [2.05, 4.69) is 4.98 Å². The van der Waals surface area contributed by atoms with Crippen LogP contribution in [0, 0.1) is 0 Å². The van der Waals surface area contributed by atoms with E-state index in [1.807, 2.05) is 5.38 Å². The SMILES string of the molecule is COc1ccc(C(=O)N2CCN(C(=O)Cc3csc(COc4ccc(Cl)cc4)n3)CC2)cc1. The zero-order valence-corrected chi connectivity index (χ0v) is 19.8. The van der Waals surface area contributed by atoms with E-state index in [1.165, 1.54) is 11.3 Å². The molecule has 1 aromatic heterocycles. The quantitative estimate of drug-likeness (QED) is 0.507. The van der Waals surface area contributed by atoms with Crippen molar-refractivity contribution in [2.75, 3.05) is 33.3 Å². The number of benzene rings is 2. The predicted octanol–water partition coefficient (Wildman–Crippen LogP) is 3.91. The number of thiazole rings is 1. The summed E-state index contributed by atoms with van der Waals surface area (Å²) in [6, 6.07) is 14.2. The maximum Gasteiger partial charge on any atom is 0.253 e. The number of piperazine rings is 1. The summed E-state index contributed by atoms with van der Waals surface area (Å²) >= 11 is 7.35. The van der Waals surface area contributed by atoms with Crippen molar-refractivity contribution in [1.82, 2.24) is 14.8 Å². The number of carbonyl (C=O) groups excluding carboxylic acids is 2. The van der Waals surface area contributed by atoms with Crippen LogP contribution in [0.1, 0.15) is 21.1 Å². The predicted molar refractivity (Wildman–Crippen MR) is 127 cm³/mol. The fraction of sp³-hybridized carbons (Fsp3) is 0.292. The number of amides is 2. The normalized spacial score (nSPS) is 13.6. The van der Waals surface area contributed by atoms with Crippen LogP contribution in [-0.4, -0.2) is 59.9 Å². The number of hydrogen-bond donors (Lipinski definition) is 0. The molecule has 1 aliphatic heterocycles. The molecule has 0 aliphatic carbocycles. The molecular formula is C24H24ClN3O4S. The first-order chi connectivity index (χ1) is 16.0. The van der Waals surface area contributed by atoms with Crippen molar-refractivity contribution in [2.24, 2.45) is 0 Å². The van der Waals surface area contributed by atoms with Gasteiger partial charge in [-0.25, -0.2) is 4.98 Å². The van der Waals surface area contributed by atoms with Crippen molar-refractivity contribution in [1.29, 1.82) is 0 Å². The van der Waals surface area contributed by atoms with Crippen molar-refractivity contribution in [2.45, 2.75) is 13.0 Å². The average molecular weight is 486 g/mol. The number of ether oxygens (including phenoxy) is 2. The first-order valence-corrected chi connectivity index (χ1v) is 11.8. The van der Waals surface area contributed by atoms with Crippen LogP contribution in [0.5, 0.6) is 11.5 Å². The van der Waals surface area contributed by atoms with Gasteiger partial charge in [-0.1, -0.05) is 11.6 Å². The van der Waals surface area contributed by atoms with Crippen molar-refractivity contribution < 1.29 is 19.1 Å². The molecule has 9 heteroatoms. The Morgan fingerprint density at radius 3 is 2.27 bits per heavy atom. The number of aromatic nitrogens is 1. The standard InChI is InChI=1S/C24H24ClN3O4S/c1-31-20-6-2-17(3-7-20)24(30)28-12-10-27(11-13-28)23(29)14-19-16-33-22(26-19)15-32-21-8-4-18(25)5-9-21/h2-9,16H,10-15H2,1H3. The topological polar surface area (TPSA) is 72.0 Å². The lowest BCUT2D eigenvalue weighted by atomic mass is 10.1. The van der Waals surface area contributed by atoms with Gasteiger partial charge in [-0.15, -0.1) is 11.3 Å². The summed E-state index contributed by atoms with van der Waals surface area (Å²) in [5.74, 6) is 1.41. The molecule has 7 nitrogen and oxygen atoms in total. The van der Waals surface area contributed by atoms with Gasteiger partial charge in [0, 0.05) is 42.1 Å². The van der Waals surface area contributed by atoms with Crippen LogP contribution in [0.2, 0.25) is 5.02 Å². The lowest BCUT2D eigenvalue weighted by molar-refractivity contribution is -0.132. The molecule has 0 unspecified atom stereocenters. The highest BCUT2D eigenvalue weighted by molar-refractivity contribution is 7.09. The monoisotopic (exact) mass is 485 g/mol. The van der Waals surface area contributed by atoms with Gasteiger partial charge in [-0.3, -0.25) is 9.59 Å². The minimum atomic E-state index is -0.0328. The highest BCUT2D eigenvalue weighted by atomic mass is 35.5. The zero-order valence-electron chi connectivity index (χ0n) is 18.2. The maximum atomic E-state index is 12.7. The lowest BCUT2D eigenvalue weighted by Gasteiger charge is -2.34. The smallest absolute Gasteiger partial charge is 0.253 e. The molecule has 1 saturated heterocycles. The van der Waals surface area contributed by atoms with E-state index >= 15 is 0 Å². The molecule has 0 atom stereocenters. The fourth-order valence-corrected chi connectivity index (χ4v) is 4.35. The van der Waals surface area contributed by atoms with E-state index < -0.39 is 0 Å². The molecule has 0 spiro atoms. The number of rotatable bonds is 7. The van der Waals surface area contributed by atoms with Crippen molar-refractivity contribution in [3.63, 3.8) is 0 Å². The summed E-state index contributed by atoms with van der Waals surface area (Å²) in [6.45, 7) is 2.38. The third-order valence-electron chi connectivity index (χ3n) is 5.36. The van der Waals surface area contributed by atoms with Crippen LogP contribution < -0.4 is 9.47 Å². The zero-order chi connectivity index (χ0) is 23.2. The molecule has 2 amide bonds. The summed E-state index contributed by atoms with van der Waals surface area (Å²) in [4.78, 5) is 33.5. The highest BCUT2D eigenvalue weighted by Gasteiger charge is 2.25. The summed E-state index contributed by atoms with van der Waals surface area (Å²) in [5.41, 5.74) is 1.35. The van der Waals surface area contributed by atoms with Crippen molar-refractivity contribution in [3.8, 4) is 11.5 Å². The van der Waals surface area contributed by atoms with Gasteiger partial charge in [0.25, 0.3) is 5.91 Å². The van der Waals surface area contributed by atoms with Gasteiger partial charge in [0.2, 0.25) is 5.91 Å². The largest absolute Gasteiger partial charge is 0.497 e. The molecule has 2 heterocycles. The van der Waals surface area contributed by atoms with Gasteiger partial charge < -0.3 is 19.3 Å². The third-order valence-corrected chi connectivity index (χ3v) is 6.49. The number of hydrogen-bond acceptors (Lipinski definition) is 6. The van der Waals surface area contributed by atoms with Crippen LogP contribution in [0.4, 0.5) is 0 Å². The molecule has 4 rings (SSSR count). The molecule has 2 aromatic carbocycles. The van der Waals surface area contributed by atoms with Gasteiger partial charge in [0.1, 0.15) is 23.1 Å². The van der Waals surface area contributed by atoms with Gasteiger partial charge in [0.05, 0.1) is 19.2 Å². The molecule has 0 saturated carbocycles. The number of carbonyl (C=O) groups is 2. The van der Waals surface area contributed by atoms with Crippen LogP contribution >= 0.6 is 22.9 Å². The minimum absolute atomic E-state index is 0.0158. The van der Waals surface area contributed by atoms with Crippen LogP contribution in [-0.2, 0) is 17.8 Å².